The maximum absolute atomic E-state index is 4.38. The van der Waals surface area contributed by atoms with Gasteiger partial charge in [0.05, 0.1) is 0 Å². The summed E-state index contributed by atoms with van der Waals surface area (Å²) in [6.45, 7) is 18.4. The monoisotopic (exact) mass is 854 g/mol. The van der Waals surface area contributed by atoms with Gasteiger partial charge in [-0.25, -0.2) is 0 Å². The molecule has 0 saturated heterocycles. The fourth-order valence-electron chi connectivity index (χ4n) is 7.92. The van der Waals surface area contributed by atoms with Crippen molar-refractivity contribution < 1.29 is 0 Å². The molecule has 0 saturated carbocycles. The number of hydrogen-bond donors (Lipinski definition) is 0. The van der Waals surface area contributed by atoms with Gasteiger partial charge in [0.1, 0.15) is 0 Å². The van der Waals surface area contributed by atoms with Gasteiger partial charge in [-0.15, -0.1) is 0 Å². The molecule has 0 spiro atoms. The number of benzene rings is 4. The molecule has 66 heavy (non-hydrogen) atoms. The molecule has 0 aliphatic heterocycles. The van der Waals surface area contributed by atoms with Gasteiger partial charge in [0, 0.05) is 0 Å². The molecule has 0 aromatic heterocycles. The zero-order chi connectivity index (χ0) is 46.2. The van der Waals surface area contributed by atoms with Crippen LogP contribution in [0.2, 0.25) is 0 Å². The van der Waals surface area contributed by atoms with E-state index >= 15 is 0 Å². The summed E-state index contributed by atoms with van der Waals surface area (Å²) < 4.78 is 0. The van der Waals surface area contributed by atoms with Crippen LogP contribution in [-0.4, -0.2) is 0 Å². The Labute approximate surface area is 395 Å². The van der Waals surface area contributed by atoms with Gasteiger partial charge in [-0.05, 0) is 121 Å². The second kappa shape index (κ2) is 26.1. The van der Waals surface area contributed by atoms with Gasteiger partial charge in [0.25, 0.3) is 0 Å². The molecule has 0 radical (unpaired) electrons. The fraction of sp³-hybridized carbons (Fsp3) is 0.0909. The van der Waals surface area contributed by atoms with Crippen molar-refractivity contribution >= 4 is 38.3 Å². The van der Waals surface area contributed by atoms with Gasteiger partial charge in [-0.1, -0.05) is 276 Å². The van der Waals surface area contributed by atoms with Gasteiger partial charge < -0.3 is 0 Å². The minimum atomic E-state index is 0.957. The molecular weight excluding hydrogens is 793 g/mol. The quantitative estimate of drug-likeness (QED) is 0.120. The summed E-state index contributed by atoms with van der Waals surface area (Å²) >= 11 is 0. The van der Waals surface area contributed by atoms with Crippen LogP contribution in [0, 0.1) is 0 Å². The molecule has 0 fully saturated rings. The zero-order valence-electron chi connectivity index (χ0n) is 38.5. The Morgan fingerprint density at radius 2 is 0.955 bits per heavy atom. The first-order chi connectivity index (χ1) is 32.5. The van der Waals surface area contributed by atoms with E-state index in [1.807, 2.05) is 48.6 Å². The van der Waals surface area contributed by atoms with Crippen LogP contribution in [0.4, 0.5) is 0 Å². The lowest BCUT2D eigenvalue weighted by molar-refractivity contribution is 0.895. The van der Waals surface area contributed by atoms with Crippen LogP contribution in [0.1, 0.15) is 55.7 Å². The SMILES string of the molecule is C=C/C=C\C(=C)c1ccccccc(C2=CC=CCC2)c2ccc(-c3ccccc3)cc12.C=C/C=C\C(=C)c1cccccccc2ccc(-c3ccccc3)cc12.CCC1=CC=CCC1. The first-order valence-electron chi connectivity index (χ1n) is 23.0. The lowest BCUT2D eigenvalue weighted by Gasteiger charge is -2.14. The van der Waals surface area contributed by atoms with E-state index in [1.165, 1.54) is 74.2 Å². The lowest BCUT2D eigenvalue weighted by atomic mass is 9.90. The Bertz CT molecular complexity index is 2940. The van der Waals surface area contributed by atoms with Crippen molar-refractivity contribution in [3.8, 4) is 22.3 Å². The fourth-order valence-corrected chi connectivity index (χ4v) is 7.92. The molecule has 2 aliphatic rings. The standard InChI is InChI=1S/C32H28.C26H22.C8H12/c1-3-4-15-25(2)29-20-13-5-6-14-21-30(27-18-11-8-12-19-27)31-23-22-28(24-32(29)31)26-16-9-7-10-17-26;1-3-4-13-21(2)25-17-12-7-5-6-9-16-23-18-19-24(20-26(23)25)22-14-10-8-11-15-22;1-2-8-6-4-3-5-7-8/h3-11,13-18,20-24H,1-2,12,19H2;3-20H,1-2H2;3-4,6H,2,5,7H2,1H3/b6-5?,13-5?,14-6?,15-4-,20-13?,21-14?,29-20?,30-21?,31-30?,32-29?;6-5?,7-5?,9-6?,12-7?,13-4-,16-9?,17-12?,23-16?,25-17?,26-25?;. The molecule has 0 atom stereocenters. The molecule has 2 aliphatic carbocycles. The predicted molar refractivity (Wildman–Crippen MR) is 294 cm³/mol. The predicted octanol–water partition coefficient (Wildman–Crippen LogP) is 19.2. The molecule has 6 aromatic carbocycles. The first-order valence-corrected chi connectivity index (χ1v) is 23.0. The van der Waals surface area contributed by atoms with Crippen molar-refractivity contribution in [3.05, 3.63) is 297 Å². The smallest absolute Gasteiger partial charge is 0.00933 e. The van der Waals surface area contributed by atoms with E-state index in [0.717, 1.165) is 35.1 Å². The number of hydrogen-bond acceptors (Lipinski definition) is 0. The molecule has 0 N–H and O–H groups in total. The van der Waals surface area contributed by atoms with Crippen LogP contribution in [0.25, 0.3) is 60.5 Å². The van der Waals surface area contributed by atoms with E-state index < -0.39 is 0 Å². The third-order valence-electron chi connectivity index (χ3n) is 11.5. The van der Waals surface area contributed by atoms with Crippen molar-refractivity contribution in [1.29, 1.82) is 0 Å². The molecular formula is C66H62. The van der Waals surface area contributed by atoms with E-state index in [9.17, 15) is 0 Å². The molecule has 0 amide bonds. The summed E-state index contributed by atoms with van der Waals surface area (Å²) in [5, 5.41) is 4.75. The Morgan fingerprint density at radius 3 is 1.48 bits per heavy atom. The van der Waals surface area contributed by atoms with Crippen LogP contribution < -0.4 is 0 Å². The van der Waals surface area contributed by atoms with Crippen molar-refractivity contribution in [3.63, 3.8) is 0 Å². The van der Waals surface area contributed by atoms with Gasteiger partial charge in [-0.3, -0.25) is 0 Å². The molecule has 0 nitrogen and oxygen atoms in total. The summed E-state index contributed by atoms with van der Waals surface area (Å²) in [7, 11) is 0. The molecule has 0 heteroatoms. The van der Waals surface area contributed by atoms with Gasteiger partial charge in [0.15, 0.2) is 0 Å². The second-order valence-electron chi connectivity index (χ2n) is 16.0. The van der Waals surface area contributed by atoms with Gasteiger partial charge >= 0.3 is 0 Å². The Balaban J connectivity index is 0.000000189. The van der Waals surface area contributed by atoms with Crippen molar-refractivity contribution in [2.24, 2.45) is 0 Å². The highest BCUT2D eigenvalue weighted by Crippen LogP contribution is 2.35. The highest BCUT2D eigenvalue weighted by Gasteiger charge is 2.11. The Hall–Kier alpha value is -7.80. The highest BCUT2D eigenvalue weighted by atomic mass is 14.1. The van der Waals surface area contributed by atoms with Crippen LogP contribution in [0.5, 0.6) is 0 Å². The third kappa shape index (κ3) is 13.8. The molecule has 6 aromatic rings. The van der Waals surface area contributed by atoms with Crippen LogP contribution in [0.15, 0.2) is 281 Å². The van der Waals surface area contributed by atoms with E-state index in [1.54, 1.807) is 17.7 Å². The number of rotatable bonds is 10. The highest BCUT2D eigenvalue weighted by molar-refractivity contribution is 6.02. The average molecular weight is 855 g/mol. The van der Waals surface area contributed by atoms with E-state index in [-0.39, 0.29) is 0 Å². The summed E-state index contributed by atoms with van der Waals surface area (Å²) in [4.78, 5) is 0. The average Bonchev–Trinajstić information content (AvgIpc) is 3.38. The summed E-state index contributed by atoms with van der Waals surface area (Å²) in [5.74, 6) is 0. The first kappa shape index (κ1) is 47.7. The van der Waals surface area contributed by atoms with Crippen LogP contribution in [-0.2, 0) is 0 Å². The van der Waals surface area contributed by atoms with E-state index in [0.29, 0.717) is 0 Å². The minimum Gasteiger partial charge on any atom is -0.0991 e. The maximum atomic E-state index is 4.38. The second-order valence-corrected chi connectivity index (χ2v) is 16.0. The Kier molecular flexibility index (Phi) is 18.9. The third-order valence-corrected chi connectivity index (χ3v) is 11.5. The van der Waals surface area contributed by atoms with Crippen LogP contribution >= 0.6 is 0 Å². The molecule has 326 valence electrons. The normalized spacial score (nSPS) is 12.6. The molecule has 0 unspecified atom stereocenters. The van der Waals surface area contributed by atoms with Crippen molar-refractivity contribution in [1.82, 2.24) is 0 Å². The summed E-state index contributed by atoms with van der Waals surface area (Å²) in [6.07, 6.45) is 30.6. The molecule has 0 heterocycles. The minimum absolute atomic E-state index is 0.957. The van der Waals surface area contributed by atoms with E-state index in [2.05, 4.69) is 221 Å². The van der Waals surface area contributed by atoms with Gasteiger partial charge in [-0.2, -0.15) is 0 Å². The maximum Gasteiger partial charge on any atom is -0.00933 e. The number of allylic oxidation sites excluding steroid dienone is 16. The van der Waals surface area contributed by atoms with Crippen molar-refractivity contribution in [2.75, 3.05) is 0 Å². The zero-order valence-corrected chi connectivity index (χ0v) is 38.5. The number of fused-ring (bicyclic) bond motifs is 2. The Morgan fingerprint density at radius 1 is 0.470 bits per heavy atom. The van der Waals surface area contributed by atoms with Crippen LogP contribution in [0.3, 0.4) is 0 Å². The van der Waals surface area contributed by atoms with E-state index in [4.69, 9.17) is 0 Å². The summed E-state index contributed by atoms with van der Waals surface area (Å²) in [6, 6.07) is 61.6. The summed E-state index contributed by atoms with van der Waals surface area (Å²) in [5.41, 5.74) is 13.2. The largest absolute Gasteiger partial charge is 0.0991 e. The topological polar surface area (TPSA) is 0 Å². The molecule has 0 bridgehead atoms. The van der Waals surface area contributed by atoms with Crippen molar-refractivity contribution in [2.45, 2.75) is 39.0 Å². The lowest BCUT2D eigenvalue weighted by Crippen LogP contribution is -1.91. The molecule has 8 rings (SSSR count). The van der Waals surface area contributed by atoms with Gasteiger partial charge in [0.2, 0.25) is 0 Å².